The molecule has 0 saturated carbocycles. The SMILES string of the molecule is CC.CCC1CN(CC(=O)Nc2ccc3sc4c(-c5cccc6c(=O)cc(N7CCC=CCC7)oc56)cccc4c3c2)CCO1.[HH]. The monoisotopic (exact) mass is 625 g/mol. The zero-order valence-electron chi connectivity index (χ0n) is 26.3. The fourth-order valence-electron chi connectivity index (χ4n) is 6.22. The summed E-state index contributed by atoms with van der Waals surface area (Å²) in [4.78, 5) is 30.5. The zero-order chi connectivity index (χ0) is 31.3. The molecule has 45 heavy (non-hydrogen) atoms. The maximum Gasteiger partial charge on any atom is 0.238 e. The van der Waals surface area contributed by atoms with E-state index in [-0.39, 0.29) is 18.9 Å². The number of amides is 1. The molecule has 2 aromatic heterocycles. The molecule has 3 aromatic carbocycles. The average molecular weight is 626 g/mol. The molecule has 1 saturated heterocycles. The lowest BCUT2D eigenvalue weighted by atomic mass is 10.0. The van der Waals surface area contributed by atoms with E-state index in [9.17, 15) is 9.59 Å². The molecular weight excluding hydrogens is 582 g/mol. The quantitative estimate of drug-likeness (QED) is 0.191. The van der Waals surface area contributed by atoms with Crippen LogP contribution in [0.1, 0.15) is 41.5 Å². The van der Waals surface area contributed by atoms with E-state index in [1.54, 1.807) is 17.4 Å². The van der Waals surface area contributed by atoms with Crippen LogP contribution in [0.15, 0.2) is 82.0 Å². The predicted octanol–water partition coefficient (Wildman–Crippen LogP) is 8.31. The molecule has 1 fully saturated rings. The minimum Gasteiger partial charge on any atom is -0.440 e. The van der Waals surface area contributed by atoms with Crippen molar-refractivity contribution in [3.05, 3.63) is 83.0 Å². The predicted molar refractivity (Wildman–Crippen MR) is 190 cm³/mol. The fraction of sp³-hybridized carbons (Fsp3) is 0.351. The Morgan fingerprint density at radius 3 is 2.49 bits per heavy atom. The Kier molecular flexibility index (Phi) is 9.64. The zero-order valence-corrected chi connectivity index (χ0v) is 27.1. The third kappa shape index (κ3) is 6.54. The molecule has 4 heterocycles. The van der Waals surface area contributed by atoms with Crippen molar-refractivity contribution in [1.29, 1.82) is 0 Å². The maximum atomic E-state index is 13.3. The summed E-state index contributed by atoms with van der Waals surface area (Å²) in [5.74, 6) is 0.609. The van der Waals surface area contributed by atoms with Crippen LogP contribution in [0.25, 0.3) is 42.3 Å². The van der Waals surface area contributed by atoms with Crippen LogP contribution in [0.3, 0.4) is 0 Å². The first-order chi connectivity index (χ1) is 22.1. The highest BCUT2D eigenvalue weighted by Gasteiger charge is 2.22. The first-order valence-electron chi connectivity index (χ1n) is 16.1. The van der Waals surface area contributed by atoms with Crippen LogP contribution in [-0.4, -0.2) is 56.2 Å². The molecule has 7 nitrogen and oxygen atoms in total. The summed E-state index contributed by atoms with van der Waals surface area (Å²) in [6.45, 7) is 10.3. The van der Waals surface area contributed by atoms with Crippen LogP contribution in [0.5, 0.6) is 0 Å². The van der Waals surface area contributed by atoms with E-state index in [2.05, 4.69) is 64.5 Å². The highest BCUT2D eigenvalue weighted by Crippen LogP contribution is 2.42. The number of hydrogen-bond acceptors (Lipinski definition) is 7. The Hall–Kier alpha value is -3.98. The van der Waals surface area contributed by atoms with Gasteiger partial charge in [0.15, 0.2) is 11.3 Å². The van der Waals surface area contributed by atoms with Gasteiger partial charge in [-0.3, -0.25) is 14.5 Å². The van der Waals surface area contributed by atoms with Gasteiger partial charge in [-0.2, -0.15) is 0 Å². The number of benzene rings is 3. The van der Waals surface area contributed by atoms with Crippen molar-refractivity contribution in [1.82, 2.24) is 4.90 Å². The largest absolute Gasteiger partial charge is 0.440 e. The summed E-state index contributed by atoms with van der Waals surface area (Å²) >= 11 is 1.72. The summed E-state index contributed by atoms with van der Waals surface area (Å²) in [6.07, 6.45) is 7.38. The number of rotatable bonds is 6. The molecule has 236 valence electrons. The number of morpholine rings is 1. The number of fused-ring (bicyclic) bond motifs is 4. The van der Waals surface area contributed by atoms with Crippen LogP contribution >= 0.6 is 11.3 Å². The number of nitrogens with zero attached hydrogens (tertiary/aromatic N) is 2. The van der Waals surface area contributed by atoms with Crippen molar-refractivity contribution >= 4 is 60.0 Å². The fourth-order valence-corrected chi connectivity index (χ4v) is 7.44. The Bertz CT molecular complexity index is 1910. The molecule has 2 aliphatic heterocycles. The van der Waals surface area contributed by atoms with Gasteiger partial charge in [-0.25, -0.2) is 0 Å². The standard InChI is InChI=1S/C35H35N3O4S.C2H6.H2/c1-2-24-21-37(17-18-41-24)22-32(40)36-23-13-14-31-29(19-23)27-11-8-10-26(35(27)43-31)25-9-7-12-28-30(39)20-33(42-34(25)28)38-15-5-3-4-6-16-38;1-2;/h3-4,7-14,19-20,24H,2,5-6,15-18,21-22H2,1H3,(H,36,40);1-2H3;1H. The first kappa shape index (κ1) is 31.0. The number of ether oxygens (including phenoxy) is 1. The number of hydrogen-bond donors (Lipinski definition) is 1. The van der Waals surface area contributed by atoms with Gasteiger partial charge < -0.3 is 19.4 Å². The van der Waals surface area contributed by atoms with Crippen molar-refractivity contribution in [2.75, 3.05) is 49.5 Å². The van der Waals surface area contributed by atoms with E-state index in [4.69, 9.17) is 9.15 Å². The van der Waals surface area contributed by atoms with Crippen molar-refractivity contribution in [2.45, 2.75) is 46.1 Å². The number of thiophene rings is 1. The van der Waals surface area contributed by atoms with E-state index >= 15 is 0 Å². The van der Waals surface area contributed by atoms with Crippen LogP contribution < -0.4 is 15.6 Å². The molecule has 5 aromatic rings. The molecule has 1 atom stereocenters. The number of carbonyl (C=O) groups excluding carboxylic acids is 1. The average Bonchev–Trinajstić information content (AvgIpc) is 3.22. The third-order valence-electron chi connectivity index (χ3n) is 8.47. The van der Waals surface area contributed by atoms with Crippen LogP contribution in [-0.2, 0) is 9.53 Å². The first-order valence-corrected chi connectivity index (χ1v) is 17.0. The van der Waals surface area contributed by atoms with Crippen molar-refractivity contribution in [2.24, 2.45) is 0 Å². The van der Waals surface area contributed by atoms with Gasteiger partial charge >= 0.3 is 0 Å². The lowest BCUT2D eigenvalue weighted by Crippen LogP contribution is -2.45. The van der Waals surface area contributed by atoms with E-state index in [0.717, 1.165) is 82.4 Å². The molecule has 1 amide bonds. The minimum atomic E-state index is -0.0264. The minimum absolute atomic E-state index is 0. The molecule has 0 aliphatic carbocycles. The molecule has 1 unspecified atom stereocenters. The van der Waals surface area contributed by atoms with Gasteiger partial charge in [0.1, 0.15) is 5.58 Å². The van der Waals surface area contributed by atoms with Gasteiger partial charge in [0, 0.05) is 70.7 Å². The van der Waals surface area contributed by atoms with Crippen molar-refractivity contribution in [3.63, 3.8) is 0 Å². The summed E-state index contributed by atoms with van der Waals surface area (Å²) in [7, 11) is 0. The normalized spacial score (nSPS) is 17.3. The number of nitrogens with one attached hydrogen (secondary N) is 1. The maximum absolute atomic E-state index is 13.3. The van der Waals surface area contributed by atoms with E-state index in [1.165, 1.54) is 0 Å². The Balaban J connectivity index is 0.00000136. The summed E-state index contributed by atoms with van der Waals surface area (Å²) in [5.41, 5.74) is 3.32. The molecular formula is C37H43N3O4S. The number of anilines is 2. The lowest BCUT2D eigenvalue weighted by molar-refractivity contribution is -0.119. The Morgan fingerprint density at radius 2 is 1.71 bits per heavy atom. The Morgan fingerprint density at radius 1 is 0.956 bits per heavy atom. The van der Waals surface area contributed by atoms with Crippen molar-refractivity contribution < 1.29 is 15.4 Å². The molecule has 7 rings (SSSR count). The number of carbonyl (C=O) groups is 1. The van der Waals surface area contributed by atoms with Gasteiger partial charge in [-0.05, 0) is 43.5 Å². The highest BCUT2D eigenvalue weighted by atomic mass is 32.1. The highest BCUT2D eigenvalue weighted by molar-refractivity contribution is 7.26. The topological polar surface area (TPSA) is 75.0 Å². The second-order valence-corrected chi connectivity index (χ2v) is 12.4. The smallest absolute Gasteiger partial charge is 0.238 e. The van der Waals surface area contributed by atoms with Crippen LogP contribution in [0.4, 0.5) is 11.6 Å². The van der Waals surface area contributed by atoms with Gasteiger partial charge in [-0.15, -0.1) is 11.3 Å². The van der Waals surface area contributed by atoms with E-state index < -0.39 is 0 Å². The van der Waals surface area contributed by atoms with Gasteiger partial charge in [0.05, 0.1) is 24.6 Å². The van der Waals surface area contributed by atoms with Crippen LogP contribution in [0.2, 0.25) is 0 Å². The van der Waals surface area contributed by atoms with Gasteiger partial charge in [-0.1, -0.05) is 63.3 Å². The lowest BCUT2D eigenvalue weighted by Gasteiger charge is -2.31. The molecule has 8 heteroatoms. The summed E-state index contributed by atoms with van der Waals surface area (Å²) in [5, 5.41) is 5.90. The van der Waals surface area contributed by atoms with Crippen LogP contribution in [0, 0.1) is 0 Å². The molecule has 0 spiro atoms. The number of para-hydroxylation sites is 1. The molecule has 2 aliphatic rings. The summed E-state index contributed by atoms with van der Waals surface area (Å²) < 4.78 is 14.5. The molecule has 1 N–H and O–H groups in total. The molecule has 0 radical (unpaired) electrons. The third-order valence-corrected chi connectivity index (χ3v) is 9.69. The van der Waals surface area contributed by atoms with E-state index in [1.807, 2.05) is 38.1 Å². The van der Waals surface area contributed by atoms with E-state index in [0.29, 0.717) is 30.0 Å². The second-order valence-electron chi connectivity index (χ2n) is 11.3. The van der Waals surface area contributed by atoms with Gasteiger partial charge in [0.25, 0.3) is 0 Å². The van der Waals surface area contributed by atoms with Crippen molar-refractivity contribution in [3.8, 4) is 11.1 Å². The summed E-state index contributed by atoms with van der Waals surface area (Å²) in [6, 6.07) is 19.9. The molecule has 0 bridgehead atoms. The Labute approximate surface area is 269 Å². The van der Waals surface area contributed by atoms with Gasteiger partial charge in [0.2, 0.25) is 5.91 Å². The second kappa shape index (κ2) is 14.0.